The highest BCUT2D eigenvalue weighted by Crippen LogP contribution is 2.17. The van der Waals surface area contributed by atoms with E-state index in [1.165, 1.54) is 11.8 Å². The van der Waals surface area contributed by atoms with Gasteiger partial charge >= 0.3 is 0 Å². The Kier molecular flexibility index (Phi) is 9.29. The molecule has 0 aliphatic rings. The van der Waals surface area contributed by atoms with Crippen molar-refractivity contribution >= 4 is 16.9 Å². The van der Waals surface area contributed by atoms with E-state index in [9.17, 15) is 4.79 Å². The Morgan fingerprint density at radius 2 is 1.90 bits per heavy atom. The summed E-state index contributed by atoms with van der Waals surface area (Å²) in [6.07, 6.45) is 1.07. The van der Waals surface area contributed by atoms with Crippen LogP contribution in [0.15, 0.2) is 30.3 Å². The third-order valence-corrected chi connectivity index (χ3v) is 4.07. The molecular formula is C15H25N3O2S. The molecule has 6 N–H and O–H groups in total. The number of thioether (sulfide) groups is 1. The second kappa shape index (κ2) is 10.8. The molecular weight excluding hydrogens is 286 g/mol. The number of nitrogens with two attached hydrogens (primary N) is 3. The number of carbonyl (C=O) groups excluding carboxylic acids is 1. The summed E-state index contributed by atoms with van der Waals surface area (Å²) in [5.74, 6) is 0.637. The first-order chi connectivity index (χ1) is 10.2. The maximum Gasteiger partial charge on any atom is 0.206 e. The largest absolute Gasteiger partial charge is 0.377 e. The van der Waals surface area contributed by atoms with Crippen molar-refractivity contribution in [2.75, 3.05) is 19.7 Å². The molecule has 1 rings (SSSR count). The summed E-state index contributed by atoms with van der Waals surface area (Å²) >= 11 is 1.25. The molecule has 0 aliphatic carbocycles. The van der Waals surface area contributed by atoms with E-state index in [0.29, 0.717) is 38.3 Å². The van der Waals surface area contributed by atoms with E-state index in [0.717, 1.165) is 5.56 Å². The van der Waals surface area contributed by atoms with Crippen LogP contribution >= 0.6 is 11.8 Å². The first-order valence-corrected chi connectivity index (χ1v) is 8.13. The molecule has 0 aromatic heterocycles. The maximum atomic E-state index is 12.1. The molecule has 1 aromatic carbocycles. The molecule has 0 aliphatic heterocycles. The molecule has 2 atom stereocenters. The maximum absolute atomic E-state index is 12.1. The van der Waals surface area contributed by atoms with Gasteiger partial charge in [0.05, 0.1) is 18.8 Å². The topological polar surface area (TPSA) is 104 Å². The van der Waals surface area contributed by atoms with Gasteiger partial charge in [-0.2, -0.15) is 0 Å². The second-order valence-corrected chi connectivity index (χ2v) is 5.77. The summed E-state index contributed by atoms with van der Waals surface area (Å²) in [5.41, 5.74) is 18.0. The van der Waals surface area contributed by atoms with Crippen LogP contribution in [0.2, 0.25) is 0 Å². The highest BCUT2D eigenvalue weighted by atomic mass is 32.2. The summed E-state index contributed by atoms with van der Waals surface area (Å²) < 4.78 is 5.57. The average molecular weight is 311 g/mol. The van der Waals surface area contributed by atoms with Crippen LogP contribution in [0.25, 0.3) is 0 Å². The van der Waals surface area contributed by atoms with Crippen molar-refractivity contribution < 1.29 is 9.53 Å². The molecule has 0 heterocycles. The zero-order valence-corrected chi connectivity index (χ0v) is 13.1. The average Bonchev–Trinajstić information content (AvgIpc) is 2.51. The Morgan fingerprint density at radius 1 is 1.19 bits per heavy atom. The Balaban J connectivity index is 2.37. The fraction of sp³-hybridized carbons (Fsp3) is 0.533. The molecule has 0 fully saturated rings. The van der Waals surface area contributed by atoms with Gasteiger partial charge in [-0.25, -0.2) is 0 Å². The van der Waals surface area contributed by atoms with Crippen molar-refractivity contribution in [2.45, 2.75) is 30.7 Å². The summed E-state index contributed by atoms with van der Waals surface area (Å²) in [4.78, 5) is 12.1. The third-order valence-electron chi connectivity index (χ3n) is 3.00. The predicted molar refractivity (Wildman–Crippen MR) is 87.8 cm³/mol. The molecule has 118 valence electrons. The van der Waals surface area contributed by atoms with Gasteiger partial charge in [0.2, 0.25) is 5.12 Å². The summed E-state index contributed by atoms with van der Waals surface area (Å²) in [5, 5.41) is -0.0165. The van der Waals surface area contributed by atoms with Crippen molar-refractivity contribution in [3.63, 3.8) is 0 Å². The number of ether oxygens (including phenoxy) is 1. The second-order valence-electron chi connectivity index (χ2n) is 4.79. The molecule has 1 aromatic rings. The van der Waals surface area contributed by atoms with Gasteiger partial charge in [-0.3, -0.25) is 4.79 Å². The predicted octanol–water partition coefficient (Wildman–Crippen LogP) is 0.857. The van der Waals surface area contributed by atoms with Gasteiger partial charge in [-0.15, -0.1) is 0 Å². The molecule has 0 spiro atoms. The van der Waals surface area contributed by atoms with Crippen LogP contribution in [-0.2, 0) is 15.3 Å². The SMILES string of the molecule is NCCOC(CCN)CC(N)C(=O)SCc1ccccc1. The number of carbonyl (C=O) groups is 1. The van der Waals surface area contributed by atoms with Crippen LogP contribution in [-0.4, -0.2) is 37.0 Å². The number of rotatable bonds is 10. The number of benzene rings is 1. The van der Waals surface area contributed by atoms with Crippen LogP contribution in [0, 0.1) is 0 Å². The van der Waals surface area contributed by atoms with Gasteiger partial charge in [-0.05, 0) is 24.9 Å². The zero-order valence-electron chi connectivity index (χ0n) is 12.2. The summed E-state index contributed by atoms with van der Waals surface area (Å²) in [6.45, 7) is 1.42. The Bertz CT molecular complexity index is 403. The van der Waals surface area contributed by atoms with Crippen LogP contribution in [0.1, 0.15) is 18.4 Å². The highest BCUT2D eigenvalue weighted by Gasteiger charge is 2.20. The van der Waals surface area contributed by atoms with Crippen molar-refractivity contribution in [1.29, 1.82) is 0 Å². The Labute approximate surface area is 130 Å². The minimum Gasteiger partial charge on any atom is -0.377 e. The highest BCUT2D eigenvalue weighted by molar-refractivity contribution is 8.13. The minimum absolute atomic E-state index is 0.0165. The monoisotopic (exact) mass is 311 g/mol. The lowest BCUT2D eigenvalue weighted by Crippen LogP contribution is -2.35. The van der Waals surface area contributed by atoms with E-state index >= 15 is 0 Å². The third kappa shape index (κ3) is 7.59. The molecule has 0 bridgehead atoms. The molecule has 0 saturated heterocycles. The van der Waals surface area contributed by atoms with E-state index in [2.05, 4.69) is 0 Å². The van der Waals surface area contributed by atoms with Crippen molar-refractivity contribution in [3.8, 4) is 0 Å². The fourth-order valence-corrected chi connectivity index (χ4v) is 2.72. The molecule has 0 radical (unpaired) electrons. The fourth-order valence-electron chi connectivity index (χ4n) is 1.91. The molecule has 2 unspecified atom stereocenters. The Hall–Kier alpha value is -0.920. The first kappa shape index (κ1) is 18.1. The van der Waals surface area contributed by atoms with Gasteiger partial charge < -0.3 is 21.9 Å². The minimum atomic E-state index is -0.534. The standard InChI is InChI=1S/C15H25N3O2S/c16-7-6-13(20-9-8-17)10-14(18)15(19)21-11-12-4-2-1-3-5-12/h1-5,13-14H,6-11,16-18H2. The van der Waals surface area contributed by atoms with E-state index in [1.807, 2.05) is 30.3 Å². The van der Waals surface area contributed by atoms with Crippen LogP contribution < -0.4 is 17.2 Å². The zero-order chi connectivity index (χ0) is 15.5. The van der Waals surface area contributed by atoms with Gasteiger partial charge in [0, 0.05) is 12.3 Å². The summed E-state index contributed by atoms with van der Waals surface area (Å²) in [7, 11) is 0. The number of hydrogen-bond acceptors (Lipinski definition) is 6. The normalized spacial score (nSPS) is 13.9. The number of hydrogen-bond donors (Lipinski definition) is 3. The van der Waals surface area contributed by atoms with Gasteiger partial charge in [-0.1, -0.05) is 42.1 Å². The molecule has 6 heteroatoms. The van der Waals surface area contributed by atoms with Gasteiger partial charge in [0.15, 0.2) is 0 Å². The van der Waals surface area contributed by atoms with Crippen LogP contribution in [0.4, 0.5) is 0 Å². The van der Waals surface area contributed by atoms with E-state index < -0.39 is 6.04 Å². The van der Waals surface area contributed by atoms with Gasteiger partial charge in [0.1, 0.15) is 0 Å². The smallest absolute Gasteiger partial charge is 0.206 e. The molecule has 0 amide bonds. The molecule has 5 nitrogen and oxygen atoms in total. The van der Waals surface area contributed by atoms with E-state index in [1.54, 1.807) is 0 Å². The van der Waals surface area contributed by atoms with E-state index in [-0.39, 0.29) is 11.2 Å². The lowest BCUT2D eigenvalue weighted by molar-refractivity contribution is -0.113. The van der Waals surface area contributed by atoms with Crippen molar-refractivity contribution in [1.82, 2.24) is 0 Å². The summed E-state index contributed by atoms with van der Waals surface area (Å²) in [6, 6.07) is 9.32. The van der Waals surface area contributed by atoms with Crippen LogP contribution in [0.5, 0.6) is 0 Å². The molecule has 21 heavy (non-hydrogen) atoms. The lowest BCUT2D eigenvalue weighted by Gasteiger charge is -2.20. The first-order valence-electron chi connectivity index (χ1n) is 7.15. The van der Waals surface area contributed by atoms with Crippen molar-refractivity contribution in [2.24, 2.45) is 17.2 Å². The van der Waals surface area contributed by atoms with Crippen molar-refractivity contribution in [3.05, 3.63) is 35.9 Å². The van der Waals surface area contributed by atoms with Crippen LogP contribution in [0.3, 0.4) is 0 Å². The quantitative estimate of drug-likeness (QED) is 0.592. The van der Waals surface area contributed by atoms with E-state index in [4.69, 9.17) is 21.9 Å². The lowest BCUT2D eigenvalue weighted by atomic mass is 10.1. The Morgan fingerprint density at radius 3 is 2.52 bits per heavy atom. The molecule has 0 saturated carbocycles. The van der Waals surface area contributed by atoms with Gasteiger partial charge in [0.25, 0.3) is 0 Å².